The molecule has 2 aromatic heterocycles. The van der Waals surface area contributed by atoms with E-state index in [9.17, 15) is 9.59 Å². The van der Waals surface area contributed by atoms with E-state index in [1.54, 1.807) is 36.7 Å². The molecule has 6 heteroatoms. The third-order valence-electron chi connectivity index (χ3n) is 3.85. The number of aryl methyl sites for hydroxylation is 3. The summed E-state index contributed by atoms with van der Waals surface area (Å²) in [4.78, 5) is 29.0. The van der Waals surface area contributed by atoms with E-state index in [0.717, 1.165) is 11.1 Å². The Balaban J connectivity index is 1.83. The summed E-state index contributed by atoms with van der Waals surface area (Å²) in [6.07, 6.45) is 1.70. The minimum atomic E-state index is -0.483. The molecular weight excluding hydrogens is 318 g/mol. The summed E-state index contributed by atoms with van der Waals surface area (Å²) in [7, 11) is 0. The highest BCUT2D eigenvalue weighted by Crippen LogP contribution is 2.12. The Kier molecular flexibility index (Phi) is 4.52. The summed E-state index contributed by atoms with van der Waals surface area (Å²) in [5.41, 5.74) is 2.59. The number of carbonyl (C=O) groups is 1. The number of hydrogen-bond acceptors (Lipinski definition) is 4. The van der Waals surface area contributed by atoms with Gasteiger partial charge in [0.15, 0.2) is 5.89 Å². The second-order valence-electron chi connectivity index (χ2n) is 5.94. The molecule has 0 saturated heterocycles. The Morgan fingerprint density at radius 2 is 1.88 bits per heavy atom. The summed E-state index contributed by atoms with van der Waals surface area (Å²) in [6.45, 7) is 5.80. The van der Waals surface area contributed by atoms with Crippen molar-refractivity contribution in [2.45, 2.75) is 27.3 Å². The Morgan fingerprint density at radius 3 is 2.52 bits per heavy atom. The lowest BCUT2D eigenvalue weighted by Gasteiger charge is -2.09. The highest BCUT2D eigenvalue weighted by Gasteiger charge is 2.17. The van der Waals surface area contributed by atoms with E-state index in [1.807, 2.05) is 31.2 Å². The number of aromatic nitrogens is 2. The average Bonchev–Trinajstić information content (AvgIpc) is 2.92. The maximum absolute atomic E-state index is 12.6. The monoisotopic (exact) mass is 337 g/mol. The van der Waals surface area contributed by atoms with E-state index in [0.29, 0.717) is 18.1 Å². The molecule has 0 aliphatic heterocycles. The Morgan fingerprint density at radius 1 is 1.16 bits per heavy atom. The third-order valence-corrected chi connectivity index (χ3v) is 3.85. The lowest BCUT2D eigenvalue weighted by Crippen LogP contribution is -2.26. The maximum Gasteiger partial charge on any atom is 0.293 e. The molecule has 3 rings (SSSR count). The molecule has 0 radical (unpaired) electrons. The van der Waals surface area contributed by atoms with E-state index < -0.39 is 5.91 Å². The number of rotatable bonds is 4. The van der Waals surface area contributed by atoms with Gasteiger partial charge in [-0.05, 0) is 31.5 Å². The minimum absolute atomic E-state index is 0.117. The molecule has 0 fully saturated rings. The van der Waals surface area contributed by atoms with E-state index >= 15 is 0 Å². The molecule has 3 aromatic rings. The Hall–Kier alpha value is -3.15. The fourth-order valence-corrected chi connectivity index (χ4v) is 2.57. The predicted molar refractivity (Wildman–Crippen MR) is 94.9 cm³/mol. The van der Waals surface area contributed by atoms with Crippen LogP contribution in [0.3, 0.4) is 0 Å². The molecule has 1 aromatic carbocycles. The van der Waals surface area contributed by atoms with Crippen LogP contribution in [0, 0.1) is 20.8 Å². The molecule has 0 atom stereocenters. The molecule has 0 aliphatic rings. The van der Waals surface area contributed by atoms with E-state index in [2.05, 4.69) is 10.3 Å². The van der Waals surface area contributed by atoms with Crippen LogP contribution < -0.4 is 10.9 Å². The topological polar surface area (TPSA) is 77.1 Å². The number of nitrogens with one attached hydrogen (secondary N) is 1. The van der Waals surface area contributed by atoms with Crippen molar-refractivity contribution < 1.29 is 9.21 Å². The van der Waals surface area contributed by atoms with Crippen molar-refractivity contribution in [1.82, 2.24) is 9.55 Å². The number of benzene rings is 1. The summed E-state index contributed by atoms with van der Waals surface area (Å²) < 4.78 is 6.85. The zero-order valence-electron chi connectivity index (χ0n) is 14.4. The Bertz CT molecular complexity index is 968. The molecule has 25 heavy (non-hydrogen) atoms. The summed E-state index contributed by atoms with van der Waals surface area (Å²) in [5, 5.41) is 2.61. The number of pyridine rings is 1. The van der Waals surface area contributed by atoms with Crippen LogP contribution in [0.15, 0.2) is 51.8 Å². The second kappa shape index (κ2) is 6.76. The quantitative estimate of drug-likeness (QED) is 0.794. The molecule has 1 amide bonds. The largest absolute Gasteiger partial charge is 0.436 e. The molecule has 0 saturated carbocycles. The first-order valence-electron chi connectivity index (χ1n) is 7.94. The SMILES string of the molecule is Cc1ccc(Cn2cccc(NC(=O)c3oc(C)nc3C)c2=O)cc1. The zero-order valence-corrected chi connectivity index (χ0v) is 14.4. The molecule has 0 spiro atoms. The average molecular weight is 337 g/mol. The van der Waals surface area contributed by atoms with E-state index in [-0.39, 0.29) is 17.0 Å². The van der Waals surface area contributed by atoms with E-state index in [1.165, 1.54) is 0 Å². The van der Waals surface area contributed by atoms with Gasteiger partial charge in [-0.2, -0.15) is 0 Å². The first-order chi connectivity index (χ1) is 11.9. The van der Waals surface area contributed by atoms with Crippen LogP contribution in [-0.4, -0.2) is 15.5 Å². The first kappa shape index (κ1) is 16.7. The number of anilines is 1. The number of hydrogen-bond donors (Lipinski definition) is 1. The van der Waals surface area contributed by atoms with Gasteiger partial charge in [-0.3, -0.25) is 9.59 Å². The number of carbonyl (C=O) groups excluding carboxylic acids is 1. The van der Waals surface area contributed by atoms with Crippen molar-refractivity contribution in [1.29, 1.82) is 0 Å². The maximum atomic E-state index is 12.6. The van der Waals surface area contributed by atoms with Crippen molar-refractivity contribution in [2.24, 2.45) is 0 Å². The molecule has 0 aliphatic carbocycles. The van der Waals surface area contributed by atoms with Crippen molar-refractivity contribution >= 4 is 11.6 Å². The molecule has 0 unspecified atom stereocenters. The van der Waals surface area contributed by atoms with Gasteiger partial charge in [0.2, 0.25) is 5.76 Å². The lowest BCUT2D eigenvalue weighted by molar-refractivity contribution is 0.0994. The highest BCUT2D eigenvalue weighted by atomic mass is 16.4. The van der Waals surface area contributed by atoms with Gasteiger partial charge in [0, 0.05) is 13.1 Å². The van der Waals surface area contributed by atoms with Gasteiger partial charge in [-0.15, -0.1) is 0 Å². The van der Waals surface area contributed by atoms with Crippen LogP contribution in [0.1, 0.15) is 33.3 Å². The number of oxazole rings is 1. The minimum Gasteiger partial charge on any atom is -0.436 e. The van der Waals surface area contributed by atoms with Crippen LogP contribution in [0.2, 0.25) is 0 Å². The fraction of sp³-hybridized carbons (Fsp3) is 0.211. The van der Waals surface area contributed by atoms with Gasteiger partial charge < -0.3 is 14.3 Å². The summed E-state index contributed by atoms with van der Waals surface area (Å²) >= 11 is 0. The van der Waals surface area contributed by atoms with Gasteiger partial charge in [-0.25, -0.2) is 4.98 Å². The molecule has 0 bridgehead atoms. The van der Waals surface area contributed by atoms with Crippen LogP contribution >= 0.6 is 0 Å². The normalized spacial score (nSPS) is 10.7. The molecular formula is C19H19N3O3. The van der Waals surface area contributed by atoms with Crippen molar-refractivity contribution in [3.63, 3.8) is 0 Å². The van der Waals surface area contributed by atoms with Gasteiger partial charge in [0.25, 0.3) is 11.5 Å². The lowest BCUT2D eigenvalue weighted by atomic mass is 10.1. The van der Waals surface area contributed by atoms with Crippen LogP contribution in [0.5, 0.6) is 0 Å². The van der Waals surface area contributed by atoms with Crippen molar-refractivity contribution in [3.05, 3.63) is 81.4 Å². The third kappa shape index (κ3) is 3.68. The van der Waals surface area contributed by atoms with Crippen molar-refractivity contribution in [3.8, 4) is 0 Å². The predicted octanol–water partition coefficient (Wildman–Crippen LogP) is 3.06. The Labute approximate surface area is 145 Å². The van der Waals surface area contributed by atoms with Gasteiger partial charge in [0.1, 0.15) is 5.69 Å². The molecule has 1 N–H and O–H groups in total. The highest BCUT2D eigenvalue weighted by molar-refractivity contribution is 6.02. The van der Waals surface area contributed by atoms with Crippen LogP contribution in [0.4, 0.5) is 5.69 Å². The fourth-order valence-electron chi connectivity index (χ4n) is 2.57. The van der Waals surface area contributed by atoms with Gasteiger partial charge in [0.05, 0.1) is 12.2 Å². The second-order valence-corrected chi connectivity index (χ2v) is 5.94. The number of nitrogens with zero attached hydrogens (tertiary/aromatic N) is 2. The number of amides is 1. The smallest absolute Gasteiger partial charge is 0.293 e. The van der Waals surface area contributed by atoms with Crippen molar-refractivity contribution in [2.75, 3.05) is 5.32 Å². The molecule has 2 heterocycles. The molecule has 128 valence electrons. The van der Waals surface area contributed by atoms with E-state index in [4.69, 9.17) is 4.42 Å². The van der Waals surface area contributed by atoms with Crippen LogP contribution in [0.25, 0.3) is 0 Å². The summed E-state index contributed by atoms with van der Waals surface area (Å²) in [5.74, 6) is 0.0432. The standard InChI is InChI=1S/C19H19N3O3/c1-12-6-8-15(9-7-12)11-22-10-4-5-16(19(22)24)21-18(23)17-13(2)20-14(3)25-17/h4-10H,11H2,1-3H3,(H,21,23). The van der Waals surface area contributed by atoms with Gasteiger partial charge >= 0.3 is 0 Å². The summed E-state index contributed by atoms with van der Waals surface area (Å²) in [6, 6.07) is 11.3. The van der Waals surface area contributed by atoms with Gasteiger partial charge in [-0.1, -0.05) is 29.8 Å². The molecule has 6 nitrogen and oxygen atoms in total. The van der Waals surface area contributed by atoms with Crippen LogP contribution in [-0.2, 0) is 6.54 Å². The zero-order chi connectivity index (χ0) is 18.0. The first-order valence-corrected chi connectivity index (χ1v) is 7.94.